The minimum atomic E-state index is -0.350. The number of carbonyl (C=O) groups is 2. The van der Waals surface area contributed by atoms with Gasteiger partial charge in [0, 0.05) is 33.0 Å². The van der Waals surface area contributed by atoms with Crippen LogP contribution in [0.4, 0.5) is 0 Å². The average Bonchev–Trinajstić information content (AvgIpc) is 3.00. The lowest BCUT2D eigenvalue weighted by molar-refractivity contribution is -0.177. The van der Waals surface area contributed by atoms with Crippen molar-refractivity contribution in [3.05, 3.63) is 18.2 Å². The van der Waals surface area contributed by atoms with Crippen molar-refractivity contribution < 1.29 is 23.9 Å². The number of nitrogens with zero attached hydrogens (tertiary/aromatic N) is 3. The van der Waals surface area contributed by atoms with Gasteiger partial charge in [-0.1, -0.05) is 6.07 Å². The lowest BCUT2D eigenvalue weighted by Gasteiger charge is -2.24. The second-order valence-corrected chi connectivity index (χ2v) is 6.61. The number of rotatable bonds is 5. The van der Waals surface area contributed by atoms with E-state index in [2.05, 4.69) is 10.3 Å². The third-order valence-electron chi connectivity index (χ3n) is 4.65. The van der Waals surface area contributed by atoms with Crippen molar-refractivity contribution in [1.82, 2.24) is 19.9 Å². The molecule has 2 aliphatic heterocycles. The molecule has 1 aromatic carbocycles. The summed E-state index contributed by atoms with van der Waals surface area (Å²) < 4.78 is 13.3. The highest BCUT2D eigenvalue weighted by atomic mass is 16.7. The molecule has 144 valence electrons. The predicted octanol–water partition coefficient (Wildman–Crippen LogP) is 0.773. The molecule has 0 bridgehead atoms. The first-order chi connectivity index (χ1) is 13.1. The van der Waals surface area contributed by atoms with Crippen molar-refractivity contribution in [2.24, 2.45) is 7.05 Å². The molecule has 0 saturated carbocycles. The van der Waals surface area contributed by atoms with Crippen LogP contribution in [0, 0.1) is 0 Å². The second-order valence-electron chi connectivity index (χ2n) is 6.61. The Morgan fingerprint density at radius 2 is 2.11 bits per heavy atom. The Morgan fingerprint density at radius 1 is 1.30 bits per heavy atom. The van der Waals surface area contributed by atoms with Gasteiger partial charge >= 0.3 is 6.01 Å². The van der Waals surface area contributed by atoms with Crippen molar-refractivity contribution in [1.29, 1.82) is 0 Å². The maximum Gasteiger partial charge on any atom is 0.325 e. The van der Waals surface area contributed by atoms with Crippen molar-refractivity contribution in [3.63, 3.8) is 0 Å². The average molecular weight is 374 g/mol. The number of aryl methyl sites for hydroxylation is 1. The summed E-state index contributed by atoms with van der Waals surface area (Å²) in [4.78, 5) is 33.9. The Labute approximate surface area is 156 Å². The molecule has 27 heavy (non-hydrogen) atoms. The highest BCUT2D eigenvalue weighted by Crippen LogP contribution is 2.30. The number of amides is 2. The summed E-state index contributed by atoms with van der Waals surface area (Å²) >= 11 is 0. The molecule has 0 aliphatic carbocycles. The van der Waals surface area contributed by atoms with Crippen LogP contribution in [0.2, 0.25) is 0 Å². The van der Waals surface area contributed by atoms with Gasteiger partial charge in [-0.2, -0.15) is 4.98 Å². The number of morpholine rings is 1. The first-order valence-corrected chi connectivity index (χ1v) is 9.08. The fourth-order valence-electron chi connectivity index (χ4n) is 3.24. The van der Waals surface area contributed by atoms with Crippen molar-refractivity contribution in [3.8, 4) is 11.8 Å². The third-order valence-corrected chi connectivity index (χ3v) is 4.65. The molecule has 1 aromatic heterocycles. The second kappa shape index (κ2) is 7.53. The molecule has 0 spiro atoms. The number of hydroxylamine groups is 2. The third kappa shape index (κ3) is 3.60. The number of nitrogens with one attached hydrogen (secondary N) is 1. The fraction of sp³-hybridized carbons (Fsp3) is 0.500. The number of imidazole rings is 1. The van der Waals surface area contributed by atoms with E-state index < -0.39 is 0 Å². The van der Waals surface area contributed by atoms with E-state index in [0.717, 1.165) is 23.7 Å². The molecule has 9 heteroatoms. The van der Waals surface area contributed by atoms with Crippen LogP contribution < -0.4 is 14.9 Å². The number of hydrogen-bond donors (Lipinski definition) is 1. The molecule has 1 atom stereocenters. The molecule has 2 saturated heterocycles. The maximum absolute atomic E-state index is 12.0. The summed E-state index contributed by atoms with van der Waals surface area (Å²) in [7, 11) is 1.76. The van der Waals surface area contributed by atoms with E-state index >= 15 is 0 Å². The van der Waals surface area contributed by atoms with Gasteiger partial charge in [0.15, 0.2) is 0 Å². The molecule has 9 nitrogen and oxygen atoms in total. The van der Waals surface area contributed by atoms with Crippen LogP contribution in [-0.4, -0.2) is 58.8 Å². The number of para-hydroxylation sites is 1. The number of carbonyl (C=O) groups excluding carboxylic acids is 2. The standard InChI is InChI=1S/C18H22N4O5/c1-21-17-13(20-18(21)27-22-15(23)6-3-7-16(22)24)4-2-5-14(17)26-11-12-10-19-8-9-25-12/h2,4-5,12,19H,3,6-11H2,1H3/t12-/m1/s1. The molecule has 4 rings (SSSR count). The Morgan fingerprint density at radius 3 is 2.85 bits per heavy atom. The van der Waals surface area contributed by atoms with Crippen LogP contribution in [0.1, 0.15) is 19.3 Å². The molecule has 1 N–H and O–H groups in total. The molecule has 3 heterocycles. The molecule has 2 fully saturated rings. The summed E-state index contributed by atoms with van der Waals surface area (Å²) in [6, 6.07) is 5.68. The summed E-state index contributed by atoms with van der Waals surface area (Å²) in [5, 5.41) is 4.08. The minimum absolute atomic E-state index is 0.0125. The van der Waals surface area contributed by atoms with E-state index in [-0.39, 0.29) is 23.9 Å². The zero-order valence-corrected chi connectivity index (χ0v) is 15.1. The number of fused-ring (bicyclic) bond motifs is 1. The normalized spacial score (nSPS) is 20.9. The highest BCUT2D eigenvalue weighted by Gasteiger charge is 2.30. The first kappa shape index (κ1) is 17.7. The molecule has 2 amide bonds. The van der Waals surface area contributed by atoms with E-state index in [1.807, 2.05) is 18.2 Å². The number of imide groups is 1. The predicted molar refractivity (Wildman–Crippen MR) is 95.2 cm³/mol. The lowest BCUT2D eigenvalue weighted by atomic mass is 10.1. The summed E-state index contributed by atoms with van der Waals surface area (Å²) in [6.45, 7) is 2.67. The first-order valence-electron chi connectivity index (χ1n) is 9.08. The van der Waals surface area contributed by atoms with Gasteiger partial charge in [-0.15, -0.1) is 5.06 Å². The molecule has 2 aliphatic rings. The summed E-state index contributed by atoms with van der Waals surface area (Å²) in [5.74, 6) is -0.0590. The highest BCUT2D eigenvalue weighted by molar-refractivity contribution is 5.96. The van der Waals surface area contributed by atoms with Gasteiger partial charge in [0.2, 0.25) is 0 Å². The van der Waals surface area contributed by atoms with E-state index in [4.69, 9.17) is 14.3 Å². The van der Waals surface area contributed by atoms with E-state index in [9.17, 15) is 9.59 Å². The molecule has 0 radical (unpaired) electrons. The Bertz CT molecular complexity index is 843. The van der Waals surface area contributed by atoms with E-state index in [0.29, 0.717) is 43.7 Å². The molecular weight excluding hydrogens is 352 g/mol. The summed E-state index contributed by atoms with van der Waals surface area (Å²) in [5.41, 5.74) is 1.39. The number of piperidine rings is 1. The van der Waals surface area contributed by atoms with Gasteiger partial charge in [0.05, 0.1) is 12.1 Å². The van der Waals surface area contributed by atoms with Gasteiger partial charge in [0.25, 0.3) is 11.8 Å². The van der Waals surface area contributed by atoms with Crippen LogP contribution >= 0.6 is 0 Å². The Hall–Kier alpha value is -2.65. The van der Waals surface area contributed by atoms with Gasteiger partial charge in [-0.3, -0.25) is 14.2 Å². The Kier molecular flexibility index (Phi) is 4.95. The van der Waals surface area contributed by atoms with Crippen LogP contribution in [0.25, 0.3) is 11.0 Å². The maximum atomic E-state index is 12.0. The van der Waals surface area contributed by atoms with Gasteiger partial charge < -0.3 is 19.6 Å². The lowest BCUT2D eigenvalue weighted by Crippen LogP contribution is -2.43. The zero-order valence-electron chi connectivity index (χ0n) is 15.1. The molecule has 0 unspecified atom stereocenters. The molecule has 2 aromatic rings. The van der Waals surface area contributed by atoms with E-state index in [1.165, 1.54) is 0 Å². The number of hydrogen-bond acceptors (Lipinski definition) is 7. The Balaban J connectivity index is 1.56. The number of benzene rings is 1. The largest absolute Gasteiger partial charge is 0.489 e. The van der Waals surface area contributed by atoms with Crippen LogP contribution in [0.15, 0.2) is 18.2 Å². The van der Waals surface area contributed by atoms with E-state index in [1.54, 1.807) is 11.6 Å². The monoisotopic (exact) mass is 374 g/mol. The fourth-order valence-corrected chi connectivity index (χ4v) is 3.24. The van der Waals surface area contributed by atoms with Crippen molar-refractivity contribution in [2.75, 3.05) is 26.3 Å². The van der Waals surface area contributed by atoms with Crippen LogP contribution in [-0.2, 0) is 21.4 Å². The zero-order chi connectivity index (χ0) is 18.8. The van der Waals surface area contributed by atoms with Crippen LogP contribution in [0.5, 0.6) is 11.8 Å². The number of aromatic nitrogens is 2. The number of ether oxygens (including phenoxy) is 2. The minimum Gasteiger partial charge on any atom is -0.489 e. The van der Waals surface area contributed by atoms with Crippen molar-refractivity contribution in [2.45, 2.75) is 25.4 Å². The van der Waals surface area contributed by atoms with Gasteiger partial charge in [0.1, 0.15) is 24.0 Å². The quantitative estimate of drug-likeness (QED) is 0.773. The van der Waals surface area contributed by atoms with Gasteiger partial charge in [-0.05, 0) is 18.6 Å². The topological polar surface area (TPSA) is 94.9 Å². The molecular formula is C18H22N4O5. The summed E-state index contributed by atoms with van der Waals surface area (Å²) in [6.07, 6.45) is 1.12. The van der Waals surface area contributed by atoms with Gasteiger partial charge in [-0.25, -0.2) is 0 Å². The SMILES string of the molecule is Cn1c(ON2C(=O)CCCC2=O)nc2cccc(OC[C@H]3CNCCO3)c21. The smallest absolute Gasteiger partial charge is 0.325 e. The van der Waals surface area contributed by atoms with Crippen molar-refractivity contribution >= 4 is 22.8 Å². The van der Waals surface area contributed by atoms with Crippen LogP contribution in [0.3, 0.4) is 0 Å².